The molecule has 0 amide bonds. The van der Waals surface area contributed by atoms with Crippen molar-refractivity contribution in [1.29, 1.82) is 0 Å². The molecule has 0 bridgehead atoms. The minimum atomic E-state index is -4.53. The van der Waals surface area contributed by atoms with E-state index in [1.165, 1.54) is 17.2 Å². The van der Waals surface area contributed by atoms with Crippen molar-refractivity contribution in [2.75, 3.05) is 5.75 Å². The summed E-state index contributed by atoms with van der Waals surface area (Å²) in [7, 11) is -4.10. The Hall–Kier alpha value is -1.94. The zero-order valence-electron chi connectivity index (χ0n) is 11.9. The Morgan fingerprint density at radius 3 is 2.30 bits per heavy atom. The van der Waals surface area contributed by atoms with Crippen LogP contribution >= 0.6 is 0 Å². The zero-order valence-corrected chi connectivity index (χ0v) is 12.8. The molecule has 0 aliphatic rings. The topological polar surface area (TPSA) is 76.9 Å². The van der Waals surface area contributed by atoms with Crippen molar-refractivity contribution >= 4 is 10.0 Å². The molecule has 1 atom stereocenters. The number of benzene rings is 1. The van der Waals surface area contributed by atoms with E-state index in [0.717, 1.165) is 0 Å². The molecule has 2 rings (SSSR count). The average Bonchev–Trinajstić information content (AvgIpc) is 2.98. The van der Waals surface area contributed by atoms with E-state index in [2.05, 4.69) is 14.9 Å². The maximum atomic E-state index is 12.2. The number of rotatable bonds is 7. The first-order valence-corrected chi connectivity index (χ1v) is 8.36. The summed E-state index contributed by atoms with van der Waals surface area (Å²) in [6.07, 6.45) is -3.06. The summed E-state index contributed by atoms with van der Waals surface area (Å²) in [5, 5.41) is 7.78. The Kier molecular flexibility index (Phi) is 5.37. The molecule has 1 N–H and O–H groups in total. The van der Waals surface area contributed by atoms with Gasteiger partial charge in [-0.25, -0.2) is 13.1 Å². The molecule has 0 spiro atoms. The summed E-state index contributed by atoms with van der Waals surface area (Å²) >= 11 is 0. The van der Waals surface area contributed by atoms with Crippen molar-refractivity contribution < 1.29 is 21.6 Å². The van der Waals surface area contributed by atoms with Crippen LogP contribution in [0.15, 0.2) is 42.7 Å². The van der Waals surface area contributed by atoms with Gasteiger partial charge in [0.2, 0.25) is 10.0 Å². The van der Waals surface area contributed by atoms with Crippen LogP contribution in [0.4, 0.5) is 13.2 Å². The van der Waals surface area contributed by atoms with Crippen molar-refractivity contribution in [2.45, 2.75) is 25.2 Å². The van der Waals surface area contributed by atoms with Crippen LogP contribution in [0, 0.1) is 0 Å². The minimum absolute atomic E-state index is 0.0717. The second-order valence-electron chi connectivity index (χ2n) is 4.85. The van der Waals surface area contributed by atoms with E-state index in [1.807, 2.05) is 0 Å². The standard InChI is InChI=1S/C13H15F3N4O2S/c14-13(15,16)6-9-23(21,22)19-12(10-20-17-7-8-18-20)11-4-2-1-3-5-11/h1-5,7-8,12,19H,6,9-10H2. The second-order valence-corrected chi connectivity index (χ2v) is 6.72. The van der Waals surface area contributed by atoms with E-state index in [0.29, 0.717) is 5.56 Å². The first kappa shape index (κ1) is 17.4. The highest BCUT2D eigenvalue weighted by Crippen LogP contribution is 2.21. The maximum Gasteiger partial charge on any atom is 0.390 e. The van der Waals surface area contributed by atoms with Crippen LogP contribution in [0.1, 0.15) is 18.0 Å². The molecular formula is C13H15F3N4O2S. The van der Waals surface area contributed by atoms with E-state index in [1.54, 1.807) is 30.3 Å². The van der Waals surface area contributed by atoms with E-state index in [9.17, 15) is 21.6 Å². The molecule has 6 nitrogen and oxygen atoms in total. The van der Waals surface area contributed by atoms with Gasteiger partial charge in [-0.1, -0.05) is 30.3 Å². The third kappa shape index (κ3) is 5.99. The van der Waals surface area contributed by atoms with Gasteiger partial charge in [0.05, 0.1) is 37.2 Å². The fraction of sp³-hybridized carbons (Fsp3) is 0.385. The van der Waals surface area contributed by atoms with Gasteiger partial charge < -0.3 is 0 Å². The van der Waals surface area contributed by atoms with E-state index in [4.69, 9.17) is 0 Å². The number of alkyl halides is 3. The van der Waals surface area contributed by atoms with Gasteiger partial charge in [0.15, 0.2) is 0 Å². The van der Waals surface area contributed by atoms with Crippen LogP contribution in [-0.4, -0.2) is 35.3 Å². The Morgan fingerprint density at radius 1 is 1.13 bits per heavy atom. The quantitative estimate of drug-likeness (QED) is 0.829. The van der Waals surface area contributed by atoms with Crippen molar-refractivity contribution in [2.24, 2.45) is 0 Å². The van der Waals surface area contributed by atoms with Gasteiger partial charge >= 0.3 is 6.18 Å². The van der Waals surface area contributed by atoms with Gasteiger partial charge in [0, 0.05) is 0 Å². The molecule has 1 aromatic carbocycles. The molecule has 0 aliphatic carbocycles. The van der Waals surface area contributed by atoms with E-state index >= 15 is 0 Å². The summed E-state index contributed by atoms with van der Waals surface area (Å²) in [6.45, 7) is 0.0717. The van der Waals surface area contributed by atoms with Gasteiger partial charge in [0.25, 0.3) is 0 Å². The Labute approximate surface area is 131 Å². The maximum absolute atomic E-state index is 12.2. The highest BCUT2D eigenvalue weighted by atomic mass is 32.2. The lowest BCUT2D eigenvalue weighted by Gasteiger charge is -2.19. The highest BCUT2D eigenvalue weighted by Gasteiger charge is 2.31. The van der Waals surface area contributed by atoms with E-state index in [-0.39, 0.29) is 6.54 Å². The van der Waals surface area contributed by atoms with Crippen LogP contribution in [0.2, 0.25) is 0 Å². The summed E-state index contributed by atoms with van der Waals surface area (Å²) in [6, 6.07) is 7.78. The molecule has 126 valence electrons. The summed E-state index contributed by atoms with van der Waals surface area (Å²) in [5.74, 6) is -1.02. The molecular weight excluding hydrogens is 333 g/mol. The summed E-state index contributed by atoms with van der Waals surface area (Å²) < 4.78 is 62.9. The van der Waals surface area contributed by atoms with Crippen molar-refractivity contribution in [3.63, 3.8) is 0 Å². The number of nitrogens with one attached hydrogen (secondary N) is 1. The van der Waals surface area contributed by atoms with Gasteiger partial charge in [-0.05, 0) is 5.56 Å². The monoisotopic (exact) mass is 348 g/mol. The smallest absolute Gasteiger partial charge is 0.212 e. The number of nitrogens with zero attached hydrogens (tertiary/aromatic N) is 3. The fourth-order valence-electron chi connectivity index (χ4n) is 1.92. The third-order valence-electron chi connectivity index (χ3n) is 2.99. The molecule has 0 radical (unpaired) electrons. The average molecular weight is 348 g/mol. The van der Waals surface area contributed by atoms with Crippen LogP contribution in [0.25, 0.3) is 0 Å². The number of aromatic nitrogens is 3. The number of sulfonamides is 1. The molecule has 0 saturated heterocycles. The fourth-order valence-corrected chi connectivity index (χ4v) is 3.18. The molecule has 0 saturated carbocycles. The predicted octanol–water partition coefficient (Wildman–Crippen LogP) is 1.89. The van der Waals surface area contributed by atoms with Gasteiger partial charge in [-0.15, -0.1) is 0 Å². The Morgan fingerprint density at radius 2 is 1.74 bits per heavy atom. The Balaban J connectivity index is 2.14. The number of hydrogen-bond acceptors (Lipinski definition) is 4. The number of halogens is 3. The zero-order chi connectivity index (χ0) is 16.9. The predicted molar refractivity (Wildman–Crippen MR) is 76.8 cm³/mol. The van der Waals surface area contributed by atoms with Crippen LogP contribution in [0.3, 0.4) is 0 Å². The summed E-state index contributed by atoms with van der Waals surface area (Å²) in [5.41, 5.74) is 0.611. The van der Waals surface area contributed by atoms with Gasteiger partial charge in [-0.2, -0.15) is 28.2 Å². The van der Waals surface area contributed by atoms with Crippen LogP contribution in [0.5, 0.6) is 0 Å². The third-order valence-corrected chi connectivity index (χ3v) is 4.38. The highest BCUT2D eigenvalue weighted by molar-refractivity contribution is 7.89. The normalized spacial score (nSPS) is 13.9. The summed E-state index contributed by atoms with van der Waals surface area (Å²) in [4.78, 5) is 1.27. The second kappa shape index (κ2) is 7.09. The Bertz CT molecular complexity index is 703. The van der Waals surface area contributed by atoms with Gasteiger partial charge in [0.1, 0.15) is 0 Å². The molecule has 10 heteroatoms. The number of hydrogen-bond donors (Lipinski definition) is 1. The molecule has 23 heavy (non-hydrogen) atoms. The lowest BCUT2D eigenvalue weighted by molar-refractivity contribution is -0.130. The molecule has 1 aromatic heterocycles. The lowest BCUT2D eigenvalue weighted by atomic mass is 10.1. The first-order chi connectivity index (χ1) is 10.8. The molecule has 1 unspecified atom stereocenters. The van der Waals surface area contributed by atoms with Crippen molar-refractivity contribution in [3.8, 4) is 0 Å². The van der Waals surface area contributed by atoms with Crippen LogP contribution < -0.4 is 4.72 Å². The van der Waals surface area contributed by atoms with Crippen molar-refractivity contribution in [3.05, 3.63) is 48.3 Å². The lowest BCUT2D eigenvalue weighted by Crippen LogP contribution is -2.34. The van der Waals surface area contributed by atoms with Gasteiger partial charge in [-0.3, -0.25) is 0 Å². The molecule has 1 heterocycles. The molecule has 0 fully saturated rings. The first-order valence-electron chi connectivity index (χ1n) is 6.71. The largest absolute Gasteiger partial charge is 0.390 e. The SMILES string of the molecule is O=S(=O)(CCC(F)(F)F)NC(Cn1nccn1)c1ccccc1. The minimum Gasteiger partial charge on any atom is -0.212 e. The van der Waals surface area contributed by atoms with Crippen LogP contribution in [-0.2, 0) is 16.6 Å². The molecule has 0 aliphatic heterocycles. The molecule has 2 aromatic rings. The van der Waals surface area contributed by atoms with E-state index < -0.39 is 34.4 Å². The van der Waals surface area contributed by atoms with Crippen molar-refractivity contribution in [1.82, 2.24) is 19.7 Å².